The van der Waals surface area contributed by atoms with Crippen molar-refractivity contribution in [2.75, 3.05) is 45.3 Å². The first-order chi connectivity index (χ1) is 11.9. The van der Waals surface area contributed by atoms with Gasteiger partial charge in [-0.1, -0.05) is 0 Å². The fourth-order valence-electron chi connectivity index (χ4n) is 3.48. The third kappa shape index (κ3) is 4.20. The Kier molecular flexibility index (Phi) is 5.75. The molecule has 2 saturated heterocycles. The average Bonchev–Trinajstić information content (AvgIpc) is 3.02. The van der Waals surface area contributed by atoms with Crippen molar-refractivity contribution in [1.29, 1.82) is 0 Å². The number of hydrogen-bond donors (Lipinski definition) is 0. The van der Waals surface area contributed by atoms with Crippen molar-refractivity contribution in [2.45, 2.75) is 32.5 Å². The van der Waals surface area contributed by atoms with E-state index in [0.717, 1.165) is 31.5 Å². The molecule has 1 aromatic rings. The molecular weight excluding hydrogens is 336 g/mol. The normalized spacial score (nSPS) is 22.0. The molecular formula is C19H28N2O3S. The van der Waals surface area contributed by atoms with Crippen LogP contribution in [0.4, 0.5) is 5.69 Å². The average molecular weight is 365 g/mol. The molecule has 3 rings (SSSR count). The highest BCUT2D eigenvalue weighted by Gasteiger charge is 2.42. The Morgan fingerprint density at radius 3 is 2.20 bits per heavy atom. The van der Waals surface area contributed by atoms with Crippen molar-refractivity contribution in [2.24, 2.45) is 0 Å². The minimum absolute atomic E-state index is 0.417. The molecule has 0 N–H and O–H groups in total. The minimum atomic E-state index is -1.12. The van der Waals surface area contributed by atoms with E-state index in [9.17, 15) is 4.55 Å². The lowest BCUT2D eigenvalue weighted by atomic mass is 10.0. The summed E-state index contributed by atoms with van der Waals surface area (Å²) in [6.07, 6.45) is 3.55. The first kappa shape index (κ1) is 18.7. The van der Waals surface area contributed by atoms with Crippen molar-refractivity contribution in [3.8, 4) is 0 Å². The smallest absolute Gasteiger partial charge is 0.171 e. The Bertz CT molecular complexity index is 609. The predicted molar refractivity (Wildman–Crippen MR) is 103 cm³/mol. The van der Waals surface area contributed by atoms with Gasteiger partial charge in [-0.2, -0.15) is 0 Å². The molecule has 0 radical (unpaired) electrons. The molecule has 6 heteroatoms. The van der Waals surface area contributed by atoms with E-state index in [-0.39, 0.29) is 0 Å². The van der Waals surface area contributed by atoms with Crippen molar-refractivity contribution < 1.29 is 14.0 Å². The molecule has 0 aromatic heterocycles. The molecule has 25 heavy (non-hydrogen) atoms. The number of ether oxygens (including phenoxy) is 2. The number of benzene rings is 1. The van der Waals surface area contributed by atoms with E-state index in [1.165, 1.54) is 16.8 Å². The fourth-order valence-corrected chi connectivity index (χ4v) is 4.44. The Morgan fingerprint density at radius 1 is 1.12 bits per heavy atom. The maximum Gasteiger partial charge on any atom is 0.171 e. The van der Waals surface area contributed by atoms with Gasteiger partial charge in [-0.15, -0.1) is 4.31 Å². The topological polar surface area (TPSA) is 48.0 Å². The monoisotopic (exact) mass is 364 g/mol. The first-order valence-electron chi connectivity index (χ1n) is 8.80. The minimum Gasteiger partial charge on any atom is -0.593 e. The summed E-state index contributed by atoms with van der Waals surface area (Å²) in [5, 5.41) is 1.80. The molecule has 0 aliphatic carbocycles. The molecule has 2 aliphatic rings. The summed E-state index contributed by atoms with van der Waals surface area (Å²) in [5.41, 5.74) is 4.73. The molecule has 0 bridgehead atoms. The molecule has 2 aliphatic heterocycles. The van der Waals surface area contributed by atoms with E-state index in [4.69, 9.17) is 9.47 Å². The highest BCUT2D eigenvalue weighted by Crippen LogP contribution is 2.32. The Morgan fingerprint density at radius 2 is 1.68 bits per heavy atom. The zero-order valence-electron chi connectivity index (χ0n) is 15.6. The van der Waals surface area contributed by atoms with Crippen LogP contribution in [-0.4, -0.2) is 55.0 Å². The van der Waals surface area contributed by atoms with Gasteiger partial charge in [-0.25, -0.2) is 0 Å². The largest absolute Gasteiger partial charge is 0.593 e. The van der Waals surface area contributed by atoms with E-state index >= 15 is 0 Å². The summed E-state index contributed by atoms with van der Waals surface area (Å²) in [5.74, 6) is -0.417. The Hall–Kier alpha value is -1.05. The lowest BCUT2D eigenvalue weighted by molar-refractivity contribution is -0.179. The van der Waals surface area contributed by atoms with Crippen LogP contribution in [0.1, 0.15) is 29.5 Å². The van der Waals surface area contributed by atoms with Gasteiger partial charge in [0.15, 0.2) is 5.79 Å². The van der Waals surface area contributed by atoms with Crippen molar-refractivity contribution in [3.05, 3.63) is 34.2 Å². The van der Waals surface area contributed by atoms with E-state index < -0.39 is 17.1 Å². The fraction of sp³-hybridized carbons (Fsp3) is 0.579. The van der Waals surface area contributed by atoms with E-state index in [0.29, 0.717) is 13.2 Å². The lowest BCUT2D eigenvalue weighted by Gasteiger charge is -2.36. The van der Waals surface area contributed by atoms with Crippen LogP contribution in [0.3, 0.4) is 0 Å². The van der Waals surface area contributed by atoms with Crippen molar-refractivity contribution in [1.82, 2.24) is 4.31 Å². The van der Waals surface area contributed by atoms with Crippen LogP contribution in [0, 0.1) is 13.8 Å². The second-order valence-electron chi connectivity index (χ2n) is 7.00. The maximum absolute atomic E-state index is 12.6. The van der Waals surface area contributed by atoms with Gasteiger partial charge in [0.2, 0.25) is 0 Å². The summed E-state index contributed by atoms with van der Waals surface area (Å²) in [6, 6.07) is 4.32. The van der Waals surface area contributed by atoms with Gasteiger partial charge in [0, 0.05) is 45.7 Å². The van der Waals surface area contributed by atoms with Crippen LogP contribution < -0.4 is 4.90 Å². The van der Waals surface area contributed by atoms with Crippen LogP contribution in [0.2, 0.25) is 0 Å². The Labute approximate surface area is 153 Å². The maximum atomic E-state index is 12.6. The standard InChI is InChI=1S/C19H28N2O3S/c1-15-13-17(20(3)4)14-16(2)18(15)5-12-25(22)21-8-6-19(7-9-21)23-10-11-24-19/h5,12-14H,6-11H2,1-4H3/b12-5+/t25-/m0/s1. The molecule has 0 saturated carbocycles. The van der Waals surface area contributed by atoms with Gasteiger partial charge in [0.05, 0.1) is 24.6 Å². The molecule has 2 fully saturated rings. The van der Waals surface area contributed by atoms with E-state index in [1.807, 2.05) is 24.5 Å². The molecule has 0 amide bonds. The summed E-state index contributed by atoms with van der Waals surface area (Å²) >= 11 is -1.12. The first-order valence-corrected chi connectivity index (χ1v) is 9.97. The van der Waals surface area contributed by atoms with Gasteiger partial charge in [-0.05, 0) is 48.7 Å². The molecule has 1 atom stereocenters. The van der Waals surface area contributed by atoms with Crippen molar-refractivity contribution in [3.63, 3.8) is 0 Å². The number of anilines is 1. The number of aryl methyl sites for hydroxylation is 2. The highest BCUT2D eigenvalue weighted by molar-refractivity contribution is 7.92. The third-order valence-corrected chi connectivity index (χ3v) is 6.24. The van der Waals surface area contributed by atoms with Crippen LogP contribution in [-0.2, 0) is 20.8 Å². The van der Waals surface area contributed by atoms with Crippen LogP contribution >= 0.6 is 0 Å². The summed E-state index contributed by atoms with van der Waals surface area (Å²) < 4.78 is 26.1. The number of nitrogens with zero attached hydrogens (tertiary/aromatic N) is 2. The zero-order valence-corrected chi connectivity index (χ0v) is 16.4. The molecule has 5 nitrogen and oxygen atoms in total. The molecule has 1 aromatic carbocycles. The quantitative estimate of drug-likeness (QED) is 0.769. The number of rotatable bonds is 4. The molecule has 1 spiro atoms. The molecule has 2 heterocycles. The second kappa shape index (κ2) is 7.68. The molecule has 0 unspecified atom stereocenters. The van der Waals surface area contributed by atoms with Gasteiger partial charge < -0.3 is 18.9 Å². The van der Waals surface area contributed by atoms with E-state index in [1.54, 1.807) is 5.41 Å². The summed E-state index contributed by atoms with van der Waals surface area (Å²) in [4.78, 5) is 2.10. The number of piperidine rings is 1. The van der Waals surface area contributed by atoms with Gasteiger partial charge in [0.1, 0.15) is 5.41 Å². The van der Waals surface area contributed by atoms with Crippen LogP contribution in [0.15, 0.2) is 17.5 Å². The summed E-state index contributed by atoms with van der Waals surface area (Å²) in [6.45, 7) is 7.00. The second-order valence-corrected chi connectivity index (χ2v) is 8.34. The lowest BCUT2D eigenvalue weighted by Crippen LogP contribution is -2.46. The van der Waals surface area contributed by atoms with Gasteiger partial charge in [-0.3, -0.25) is 0 Å². The van der Waals surface area contributed by atoms with Gasteiger partial charge in [0.25, 0.3) is 0 Å². The zero-order chi connectivity index (χ0) is 18.0. The Balaban J connectivity index is 1.64. The van der Waals surface area contributed by atoms with E-state index in [2.05, 4.69) is 30.9 Å². The predicted octanol–water partition coefficient (Wildman–Crippen LogP) is 2.84. The van der Waals surface area contributed by atoms with Crippen molar-refractivity contribution >= 4 is 23.1 Å². The third-order valence-electron chi connectivity index (χ3n) is 5.00. The summed E-state index contributed by atoms with van der Waals surface area (Å²) in [7, 11) is 4.08. The highest BCUT2D eigenvalue weighted by atomic mass is 32.2. The van der Waals surface area contributed by atoms with Crippen LogP contribution in [0.25, 0.3) is 6.08 Å². The number of hydrogen-bond acceptors (Lipinski definition) is 5. The SMILES string of the molecule is Cc1cc(N(C)C)cc(C)c1/C=C/[S@+]([O-])N1CCC2(CC1)OCCO2. The molecule has 138 valence electrons. The van der Waals surface area contributed by atoms with Crippen LogP contribution in [0.5, 0.6) is 0 Å². The van der Waals surface area contributed by atoms with Gasteiger partial charge >= 0.3 is 0 Å².